The number of hydrogen-bond acceptors (Lipinski definition) is 1. The van der Waals surface area contributed by atoms with Crippen LogP contribution in [0.5, 0.6) is 0 Å². The summed E-state index contributed by atoms with van der Waals surface area (Å²) in [5.41, 5.74) is 2.45. The number of fused-ring (bicyclic) bond motifs is 1. The summed E-state index contributed by atoms with van der Waals surface area (Å²) in [6, 6.07) is 5.46. The van der Waals surface area contributed by atoms with Crippen LogP contribution in [0.2, 0.25) is 5.02 Å². The number of halogens is 1. The summed E-state index contributed by atoms with van der Waals surface area (Å²) in [5.74, 6) is -0.0489. The number of amides is 1. The van der Waals surface area contributed by atoms with E-state index in [1.807, 2.05) is 12.1 Å². The number of benzene rings is 1. The van der Waals surface area contributed by atoms with E-state index in [2.05, 4.69) is 26.1 Å². The van der Waals surface area contributed by atoms with Crippen molar-refractivity contribution in [2.45, 2.75) is 20.8 Å². The Morgan fingerprint density at radius 3 is 2.62 bits per heavy atom. The van der Waals surface area contributed by atoms with Crippen molar-refractivity contribution in [1.82, 2.24) is 0 Å². The van der Waals surface area contributed by atoms with E-state index < -0.39 is 0 Å². The number of rotatable bonds is 0. The average molecular weight is 236 g/mol. The fourth-order valence-corrected chi connectivity index (χ4v) is 1.92. The van der Waals surface area contributed by atoms with Gasteiger partial charge in [0.25, 0.3) is 5.91 Å². The summed E-state index contributed by atoms with van der Waals surface area (Å²) >= 11 is 5.88. The van der Waals surface area contributed by atoms with E-state index in [0.717, 1.165) is 16.8 Å². The number of carbonyl (C=O) groups is 1. The number of anilines is 1. The lowest BCUT2D eigenvalue weighted by Crippen LogP contribution is -2.08. The summed E-state index contributed by atoms with van der Waals surface area (Å²) in [5, 5.41) is 3.45. The number of carbonyl (C=O) groups excluding carboxylic acids is 1. The molecule has 0 bridgehead atoms. The quantitative estimate of drug-likeness (QED) is 0.683. The molecule has 0 spiro atoms. The summed E-state index contributed by atoms with van der Waals surface area (Å²) in [6.45, 7) is 6.21. The minimum atomic E-state index is -0.0489. The maximum absolute atomic E-state index is 11.8. The normalized spacial score (nSPS) is 17.5. The molecule has 2 rings (SSSR count). The molecule has 1 aromatic rings. The highest BCUT2D eigenvalue weighted by atomic mass is 35.5. The fourth-order valence-electron chi connectivity index (χ4n) is 1.74. The summed E-state index contributed by atoms with van der Waals surface area (Å²) in [4.78, 5) is 11.8. The van der Waals surface area contributed by atoms with Crippen molar-refractivity contribution in [3.8, 4) is 0 Å². The van der Waals surface area contributed by atoms with Crippen molar-refractivity contribution < 1.29 is 4.79 Å². The average Bonchev–Trinajstić information content (AvgIpc) is 2.40. The first-order valence-corrected chi connectivity index (χ1v) is 5.59. The topological polar surface area (TPSA) is 29.1 Å². The molecule has 84 valence electrons. The van der Waals surface area contributed by atoms with Crippen molar-refractivity contribution in [3.63, 3.8) is 0 Å². The molecule has 1 aromatic carbocycles. The van der Waals surface area contributed by atoms with Gasteiger partial charge in [0.05, 0.1) is 5.69 Å². The van der Waals surface area contributed by atoms with Gasteiger partial charge in [-0.1, -0.05) is 44.5 Å². The second-order valence-corrected chi connectivity index (χ2v) is 5.50. The van der Waals surface area contributed by atoms with Crippen LogP contribution >= 0.6 is 11.6 Å². The molecule has 1 heterocycles. The third-order valence-corrected chi connectivity index (χ3v) is 2.58. The zero-order chi connectivity index (χ0) is 11.9. The molecule has 0 saturated carbocycles. The summed E-state index contributed by atoms with van der Waals surface area (Å²) in [6.07, 6.45) is 1.99. The van der Waals surface area contributed by atoms with Crippen LogP contribution in [0.3, 0.4) is 0 Å². The van der Waals surface area contributed by atoms with Crippen LogP contribution in [-0.4, -0.2) is 5.91 Å². The Kier molecular flexibility index (Phi) is 2.55. The highest BCUT2D eigenvalue weighted by Crippen LogP contribution is 2.36. The molecule has 0 saturated heterocycles. The third kappa shape index (κ3) is 2.12. The van der Waals surface area contributed by atoms with Crippen molar-refractivity contribution in [2.75, 3.05) is 5.32 Å². The van der Waals surface area contributed by atoms with Gasteiger partial charge >= 0.3 is 0 Å². The molecule has 0 atom stereocenters. The molecular formula is C13H14ClNO. The third-order valence-electron chi connectivity index (χ3n) is 2.34. The molecule has 1 aliphatic heterocycles. The largest absolute Gasteiger partial charge is 0.321 e. The zero-order valence-corrected chi connectivity index (χ0v) is 10.4. The van der Waals surface area contributed by atoms with E-state index in [0.29, 0.717) is 5.02 Å². The molecule has 16 heavy (non-hydrogen) atoms. The molecule has 1 aliphatic rings. The first-order valence-electron chi connectivity index (χ1n) is 5.21. The summed E-state index contributed by atoms with van der Waals surface area (Å²) in [7, 11) is 0. The lowest BCUT2D eigenvalue weighted by molar-refractivity contribution is -0.110. The van der Waals surface area contributed by atoms with Crippen LogP contribution in [0.15, 0.2) is 24.3 Å². The minimum Gasteiger partial charge on any atom is -0.321 e. The van der Waals surface area contributed by atoms with Crippen molar-refractivity contribution >= 4 is 28.8 Å². The monoisotopic (exact) mass is 235 g/mol. The van der Waals surface area contributed by atoms with E-state index in [-0.39, 0.29) is 11.3 Å². The smallest absolute Gasteiger partial charge is 0.256 e. The molecule has 0 radical (unpaired) electrons. The summed E-state index contributed by atoms with van der Waals surface area (Å²) < 4.78 is 0. The second kappa shape index (κ2) is 3.63. The molecule has 3 heteroatoms. The minimum absolute atomic E-state index is 0.0199. The standard InChI is InChI=1S/C13H14ClNO/c1-13(2,3)7-10-9-5-4-8(14)6-11(9)15-12(10)16/h4-7H,1-3H3,(H,15,16)/b10-7-. The Bertz CT molecular complexity index is 483. The molecule has 2 nitrogen and oxygen atoms in total. The van der Waals surface area contributed by atoms with Crippen molar-refractivity contribution in [3.05, 3.63) is 34.9 Å². The molecular weight excluding hydrogens is 222 g/mol. The molecule has 0 fully saturated rings. The number of nitrogens with one attached hydrogen (secondary N) is 1. The van der Waals surface area contributed by atoms with Gasteiger partial charge in [-0.15, -0.1) is 0 Å². The lowest BCUT2D eigenvalue weighted by atomic mass is 9.91. The highest BCUT2D eigenvalue weighted by Gasteiger charge is 2.25. The van der Waals surface area contributed by atoms with Crippen LogP contribution in [0, 0.1) is 5.41 Å². The first-order chi connectivity index (χ1) is 7.37. The Balaban J connectivity index is 2.53. The molecule has 0 aromatic heterocycles. The van der Waals surface area contributed by atoms with Gasteiger partial charge in [0.1, 0.15) is 0 Å². The van der Waals surface area contributed by atoms with Gasteiger partial charge in [0.2, 0.25) is 0 Å². The van der Waals surface area contributed by atoms with Crippen LogP contribution < -0.4 is 5.32 Å². The first kappa shape index (κ1) is 11.2. The predicted molar refractivity (Wildman–Crippen MR) is 67.5 cm³/mol. The lowest BCUT2D eigenvalue weighted by Gasteiger charge is -2.13. The molecule has 1 amide bonds. The van der Waals surface area contributed by atoms with Crippen molar-refractivity contribution in [2.24, 2.45) is 5.41 Å². The number of hydrogen-bond donors (Lipinski definition) is 1. The Morgan fingerprint density at radius 1 is 1.31 bits per heavy atom. The number of allylic oxidation sites excluding steroid dienone is 1. The van der Waals surface area contributed by atoms with Crippen molar-refractivity contribution in [1.29, 1.82) is 0 Å². The van der Waals surface area contributed by atoms with Gasteiger partial charge < -0.3 is 5.32 Å². The fraction of sp³-hybridized carbons (Fsp3) is 0.308. The van der Waals surface area contributed by atoms with Gasteiger partial charge in [-0.2, -0.15) is 0 Å². The molecule has 1 N–H and O–H groups in total. The van der Waals surface area contributed by atoms with E-state index >= 15 is 0 Å². The van der Waals surface area contributed by atoms with Gasteiger partial charge in [-0.05, 0) is 17.5 Å². The van der Waals surface area contributed by atoms with Gasteiger partial charge in [0.15, 0.2) is 0 Å². The Morgan fingerprint density at radius 2 is 2.00 bits per heavy atom. The van der Waals surface area contributed by atoms with Gasteiger partial charge in [-0.3, -0.25) is 4.79 Å². The van der Waals surface area contributed by atoms with Crippen LogP contribution in [-0.2, 0) is 4.79 Å². The van der Waals surface area contributed by atoms with Crippen LogP contribution in [0.4, 0.5) is 5.69 Å². The maximum Gasteiger partial charge on any atom is 0.256 e. The van der Waals surface area contributed by atoms with E-state index in [1.165, 1.54) is 0 Å². The van der Waals surface area contributed by atoms with Gasteiger partial charge in [-0.25, -0.2) is 0 Å². The highest BCUT2D eigenvalue weighted by molar-refractivity contribution is 6.34. The van der Waals surface area contributed by atoms with E-state index in [9.17, 15) is 4.79 Å². The molecule has 0 unspecified atom stereocenters. The zero-order valence-electron chi connectivity index (χ0n) is 9.60. The Labute approximate surface area is 100 Å². The van der Waals surface area contributed by atoms with Crippen LogP contribution in [0.1, 0.15) is 26.3 Å². The van der Waals surface area contributed by atoms with E-state index in [1.54, 1.807) is 12.1 Å². The van der Waals surface area contributed by atoms with Gasteiger partial charge in [0, 0.05) is 16.2 Å². The second-order valence-electron chi connectivity index (χ2n) is 5.07. The Hall–Kier alpha value is -1.28. The van der Waals surface area contributed by atoms with Crippen LogP contribution in [0.25, 0.3) is 5.57 Å². The SMILES string of the molecule is CC(C)(C)/C=C1\C(=O)Nc2cc(Cl)ccc21. The predicted octanol–water partition coefficient (Wildman–Crippen LogP) is 3.72. The maximum atomic E-state index is 11.8. The molecule has 0 aliphatic carbocycles. The van der Waals surface area contributed by atoms with E-state index in [4.69, 9.17) is 11.6 Å².